The van der Waals surface area contributed by atoms with Crippen molar-refractivity contribution >= 4 is 15.9 Å². The van der Waals surface area contributed by atoms with Gasteiger partial charge in [0.2, 0.25) is 15.9 Å². The van der Waals surface area contributed by atoms with Gasteiger partial charge in [0.25, 0.3) is 5.56 Å². The predicted molar refractivity (Wildman–Crippen MR) is 117 cm³/mol. The van der Waals surface area contributed by atoms with Crippen molar-refractivity contribution in [2.45, 2.75) is 45.6 Å². The second kappa shape index (κ2) is 8.55. The third kappa shape index (κ3) is 4.57. The minimum absolute atomic E-state index is 0.0142. The molecule has 0 unspecified atom stereocenters. The van der Waals surface area contributed by atoms with Crippen molar-refractivity contribution < 1.29 is 13.2 Å². The fourth-order valence-corrected chi connectivity index (χ4v) is 5.30. The first-order valence-electron chi connectivity index (χ1n) is 10.7. The summed E-state index contributed by atoms with van der Waals surface area (Å²) in [5.41, 5.74) is 2.98. The average Bonchev–Trinajstić information content (AvgIpc) is 3.25. The Morgan fingerprint density at radius 2 is 1.97 bits per heavy atom. The van der Waals surface area contributed by atoms with E-state index in [1.165, 1.54) is 4.31 Å². The summed E-state index contributed by atoms with van der Waals surface area (Å²) in [4.78, 5) is 34.8. The van der Waals surface area contributed by atoms with E-state index in [-0.39, 0.29) is 29.7 Å². The van der Waals surface area contributed by atoms with E-state index in [4.69, 9.17) is 0 Å². The molecule has 9 heteroatoms. The Balaban J connectivity index is 1.45. The molecule has 1 aromatic carbocycles. The third-order valence-corrected chi connectivity index (χ3v) is 8.04. The fraction of sp³-hybridized carbons (Fsp3) is 0.500. The lowest BCUT2D eigenvalue weighted by Gasteiger charge is -2.27. The zero-order valence-electron chi connectivity index (χ0n) is 17.9. The number of nitrogens with zero attached hydrogens (tertiary/aromatic N) is 3. The van der Waals surface area contributed by atoms with Gasteiger partial charge in [0.15, 0.2) is 0 Å². The lowest BCUT2D eigenvalue weighted by molar-refractivity contribution is -0.129. The standard InChI is InChI=1S/C22H28N4O4S/c1-3-31(29,30)26-11-9-19-18(14-26)22(28)24-21(23-19)17-8-10-25(13-17)20(27)12-16-6-4-15(2)5-7-16/h4-7,17H,3,8-14H2,1-2H3,(H,23,24,28)/t17-/m1/s1. The van der Waals surface area contributed by atoms with Gasteiger partial charge in [-0.3, -0.25) is 9.59 Å². The molecule has 166 valence electrons. The molecular formula is C22H28N4O4S. The van der Waals surface area contributed by atoms with E-state index in [1.54, 1.807) is 6.92 Å². The molecule has 1 fully saturated rings. The van der Waals surface area contributed by atoms with Crippen LogP contribution in [0.4, 0.5) is 0 Å². The second-order valence-electron chi connectivity index (χ2n) is 8.35. The van der Waals surface area contributed by atoms with Gasteiger partial charge in [0, 0.05) is 38.5 Å². The van der Waals surface area contributed by atoms with Gasteiger partial charge in [-0.25, -0.2) is 13.4 Å². The topological polar surface area (TPSA) is 103 Å². The number of hydrogen-bond donors (Lipinski definition) is 1. The third-order valence-electron chi connectivity index (χ3n) is 6.21. The van der Waals surface area contributed by atoms with E-state index in [0.29, 0.717) is 49.6 Å². The summed E-state index contributed by atoms with van der Waals surface area (Å²) in [5.74, 6) is 0.672. The summed E-state index contributed by atoms with van der Waals surface area (Å²) in [6.45, 7) is 5.19. The quantitative estimate of drug-likeness (QED) is 0.750. The Labute approximate surface area is 182 Å². The van der Waals surface area contributed by atoms with E-state index in [9.17, 15) is 18.0 Å². The van der Waals surface area contributed by atoms with E-state index < -0.39 is 10.0 Å². The Hall–Kier alpha value is -2.52. The number of aryl methyl sites for hydroxylation is 1. The van der Waals surface area contributed by atoms with Crippen molar-refractivity contribution in [3.8, 4) is 0 Å². The highest BCUT2D eigenvalue weighted by molar-refractivity contribution is 7.89. The summed E-state index contributed by atoms with van der Waals surface area (Å²) >= 11 is 0. The monoisotopic (exact) mass is 444 g/mol. The van der Waals surface area contributed by atoms with Gasteiger partial charge in [-0.2, -0.15) is 4.31 Å². The normalized spacial score (nSPS) is 19.4. The Morgan fingerprint density at radius 1 is 1.23 bits per heavy atom. The first kappa shape index (κ1) is 21.7. The maximum Gasteiger partial charge on any atom is 0.255 e. The van der Waals surface area contributed by atoms with Crippen LogP contribution in [0.15, 0.2) is 29.1 Å². The number of rotatable bonds is 5. The number of nitrogens with one attached hydrogen (secondary N) is 1. The Kier molecular flexibility index (Phi) is 5.98. The molecule has 1 amide bonds. The molecule has 1 atom stereocenters. The number of hydrogen-bond acceptors (Lipinski definition) is 5. The highest BCUT2D eigenvalue weighted by Gasteiger charge is 2.32. The number of sulfonamides is 1. The minimum Gasteiger partial charge on any atom is -0.342 e. The molecule has 1 aromatic heterocycles. The van der Waals surface area contributed by atoms with Crippen LogP contribution in [0.3, 0.4) is 0 Å². The van der Waals surface area contributed by atoms with Crippen molar-refractivity contribution in [1.29, 1.82) is 0 Å². The van der Waals surface area contributed by atoms with Gasteiger partial charge in [0.05, 0.1) is 23.4 Å². The molecule has 2 aliphatic heterocycles. The van der Waals surface area contributed by atoms with Crippen molar-refractivity contribution in [3.05, 3.63) is 62.8 Å². The molecule has 0 saturated carbocycles. The minimum atomic E-state index is -3.34. The lowest BCUT2D eigenvalue weighted by atomic mass is 10.1. The van der Waals surface area contributed by atoms with E-state index in [2.05, 4.69) is 9.97 Å². The smallest absolute Gasteiger partial charge is 0.255 e. The molecule has 1 saturated heterocycles. The molecule has 0 bridgehead atoms. The van der Waals surface area contributed by atoms with Crippen molar-refractivity contribution in [2.75, 3.05) is 25.4 Å². The van der Waals surface area contributed by atoms with Crippen LogP contribution >= 0.6 is 0 Å². The first-order valence-corrected chi connectivity index (χ1v) is 12.3. The molecule has 0 radical (unpaired) electrons. The summed E-state index contributed by atoms with van der Waals surface area (Å²) < 4.78 is 25.7. The predicted octanol–water partition coefficient (Wildman–Crippen LogP) is 1.34. The number of aromatic amines is 1. The highest BCUT2D eigenvalue weighted by Crippen LogP contribution is 2.26. The zero-order valence-corrected chi connectivity index (χ0v) is 18.7. The number of benzene rings is 1. The first-order chi connectivity index (χ1) is 14.8. The number of likely N-dealkylation sites (tertiary alicyclic amines) is 1. The van der Waals surface area contributed by atoms with E-state index >= 15 is 0 Å². The van der Waals surface area contributed by atoms with Gasteiger partial charge in [-0.05, 0) is 25.8 Å². The summed E-state index contributed by atoms with van der Waals surface area (Å²) in [6.07, 6.45) is 1.54. The number of carbonyl (C=O) groups is 1. The Bertz CT molecular complexity index is 1140. The lowest BCUT2D eigenvalue weighted by Crippen LogP contribution is -2.40. The Morgan fingerprint density at radius 3 is 2.68 bits per heavy atom. The van der Waals surface area contributed by atoms with Crippen LogP contribution < -0.4 is 5.56 Å². The van der Waals surface area contributed by atoms with E-state index in [1.807, 2.05) is 36.1 Å². The SMILES string of the molecule is CCS(=O)(=O)N1CCc2nc([C@@H]3CCN(C(=O)Cc4ccc(C)cc4)C3)[nH]c(=O)c2C1. The van der Waals surface area contributed by atoms with Gasteiger partial charge < -0.3 is 9.88 Å². The maximum atomic E-state index is 12.7. The van der Waals surface area contributed by atoms with Crippen LogP contribution in [0.5, 0.6) is 0 Å². The maximum absolute atomic E-state index is 12.7. The summed E-state index contributed by atoms with van der Waals surface area (Å²) in [7, 11) is -3.34. The molecule has 2 aromatic rings. The van der Waals surface area contributed by atoms with Gasteiger partial charge in [0.1, 0.15) is 5.82 Å². The number of aromatic nitrogens is 2. The van der Waals surface area contributed by atoms with Gasteiger partial charge in [-0.1, -0.05) is 29.8 Å². The second-order valence-corrected chi connectivity index (χ2v) is 10.6. The van der Waals surface area contributed by atoms with Crippen LogP contribution in [-0.4, -0.2) is 58.9 Å². The van der Waals surface area contributed by atoms with Gasteiger partial charge >= 0.3 is 0 Å². The number of fused-ring (bicyclic) bond motifs is 1. The molecule has 3 heterocycles. The van der Waals surface area contributed by atoms with Crippen LogP contribution in [0.25, 0.3) is 0 Å². The van der Waals surface area contributed by atoms with Crippen LogP contribution in [0.1, 0.15) is 47.5 Å². The fourth-order valence-electron chi connectivity index (χ4n) is 4.24. The molecule has 1 N–H and O–H groups in total. The van der Waals surface area contributed by atoms with Crippen molar-refractivity contribution in [1.82, 2.24) is 19.2 Å². The zero-order chi connectivity index (χ0) is 22.2. The van der Waals surface area contributed by atoms with E-state index in [0.717, 1.165) is 17.5 Å². The number of amides is 1. The van der Waals surface area contributed by atoms with Crippen LogP contribution in [0, 0.1) is 6.92 Å². The van der Waals surface area contributed by atoms with Crippen molar-refractivity contribution in [3.63, 3.8) is 0 Å². The molecule has 0 aliphatic carbocycles. The molecule has 31 heavy (non-hydrogen) atoms. The molecular weight excluding hydrogens is 416 g/mol. The molecule has 8 nitrogen and oxygen atoms in total. The van der Waals surface area contributed by atoms with Crippen LogP contribution in [0.2, 0.25) is 0 Å². The van der Waals surface area contributed by atoms with Gasteiger partial charge in [-0.15, -0.1) is 0 Å². The average molecular weight is 445 g/mol. The van der Waals surface area contributed by atoms with Crippen molar-refractivity contribution in [2.24, 2.45) is 0 Å². The molecule has 0 spiro atoms. The molecule has 4 rings (SSSR count). The summed E-state index contributed by atoms with van der Waals surface area (Å²) in [5, 5.41) is 0. The number of H-pyrrole nitrogens is 1. The summed E-state index contributed by atoms with van der Waals surface area (Å²) in [6, 6.07) is 7.96. The highest BCUT2D eigenvalue weighted by atomic mass is 32.2. The number of carbonyl (C=O) groups excluding carboxylic acids is 1. The largest absolute Gasteiger partial charge is 0.342 e. The van der Waals surface area contributed by atoms with Crippen LogP contribution in [-0.2, 0) is 34.2 Å². The molecule has 2 aliphatic rings.